The van der Waals surface area contributed by atoms with Crippen LogP contribution in [0, 0.1) is 0 Å². The summed E-state index contributed by atoms with van der Waals surface area (Å²) in [5.41, 5.74) is 2.61. The van der Waals surface area contributed by atoms with Gasteiger partial charge >= 0.3 is 5.97 Å². The van der Waals surface area contributed by atoms with E-state index >= 15 is 0 Å². The third-order valence-corrected chi connectivity index (χ3v) is 7.19. The van der Waals surface area contributed by atoms with Crippen molar-refractivity contribution in [1.29, 1.82) is 0 Å². The molecule has 0 saturated heterocycles. The molecule has 0 radical (unpaired) electrons. The maximum absolute atomic E-state index is 12.8. The van der Waals surface area contributed by atoms with Crippen molar-refractivity contribution in [3.63, 3.8) is 0 Å². The van der Waals surface area contributed by atoms with Crippen LogP contribution in [0.3, 0.4) is 0 Å². The Bertz CT molecular complexity index is 1040. The molecule has 0 bridgehead atoms. The molecular weight excluding hydrogens is 406 g/mol. The quantitative estimate of drug-likeness (QED) is 0.551. The van der Waals surface area contributed by atoms with Crippen LogP contribution in [0.5, 0.6) is 5.75 Å². The summed E-state index contributed by atoms with van der Waals surface area (Å²) in [6, 6.07) is 6.36. The molecule has 4 rings (SSSR count). The number of rotatable bonds is 6. The summed E-state index contributed by atoms with van der Waals surface area (Å²) in [6.07, 6.45) is 0.855. The van der Waals surface area contributed by atoms with Crippen LogP contribution in [0.1, 0.15) is 41.6 Å². The maximum Gasteiger partial charge on any atom is 0.341 e. The summed E-state index contributed by atoms with van der Waals surface area (Å²) in [5.74, 6) is 0.486. The summed E-state index contributed by atoms with van der Waals surface area (Å²) in [7, 11) is 1.65. The molecule has 1 aromatic carbocycles. The van der Waals surface area contributed by atoms with Crippen LogP contribution in [0.2, 0.25) is 0 Å². The number of nitrogens with zero attached hydrogens (tertiary/aromatic N) is 2. The number of benzene rings is 1. The number of thiazole rings is 1. The first-order chi connectivity index (χ1) is 14.0. The largest absolute Gasteiger partial charge is 0.494 e. The Morgan fingerprint density at radius 1 is 1.34 bits per heavy atom. The van der Waals surface area contributed by atoms with Gasteiger partial charge in [0.2, 0.25) is 0 Å². The van der Waals surface area contributed by atoms with E-state index in [1.54, 1.807) is 29.8 Å². The van der Waals surface area contributed by atoms with Crippen molar-refractivity contribution in [1.82, 2.24) is 9.88 Å². The van der Waals surface area contributed by atoms with Gasteiger partial charge in [0.25, 0.3) is 0 Å². The van der Waals surface area contributed by atoms with Crippen molar-refractivity contribution in [2.75, 3.05) is 25.6 Å². The molecule has 6 nitrogen and oxygen atoms in total. The predicted molar refractivity (Wildman–Crippen MR) is 119 cm³/mol. The number of ether oxygens (including phenoxy) is 2. The number of carbonyl (C=O) groups is 1. The van der Waals surface area contributed by atoms with Crippen LogP contribution in [0.4, 0.5) is 10.1 Å². The summed E-state index contributed by atoms with van der Waals surface area (Å²) in [5, 5.41) is 4.97. The van der Waals surface area contributed by atoms with E-state index in [9.17, 15) is 4.79 Å². The van der Waals surface area contributed by atoms with Crippen LogP contribution in [0.15, 0.2) is 18.2 Å². The number of hydrogen-bond donors (Lipinski definition) is 1. The average molecular weight is 432 g/mol. The van der Waals surface area contributed by atoms with Gasteiger partial charge in [-0.2, -0.15) is 0 Å². The summed E-state index contributed by atoms with van der Waals surface area (Å²) in [6.45, 7) is 8.42. The number of nitrogens with one attached hydrogen (secondary N) is 1. The first-order valence-electron chi connectivity index (χ1n) is 9.78. The fourth-order valence-corrected chi connectivity index (χ4v) is 5.82. The average Bonchev–Trinajstić information content (AvgIpc) is 3.27. The molecule has 1 aliphatic rings. The van der Waals surface area contributed by atoms with Crippen molar-refractivity contribution in [3.8, 4) is 5.75 Å². The van der Waals surface area contributed by atoms with Gasteiger partial charge in [-0.05, 0) is 44.9 Å². The lowest BCUT2D eigenvalue weighted by molar-refractivity contribution is 0.0526. The second-order valence-corrected chi connectivity index (χ2v) is 9.33. The monoisotopic (exact) mass is 431 g/mol. The van der Waals surface area contributed by atoms with Gasteiger partial charge < -0.3 is 14.8 Å². The zero-order valence-corrected chi connectivity index (χ0v) is 18.7. The zero-order valence-electron chi connectivity index (χ0n) is 17.1. The number of anilines is 2. The Morgan fingerprint density at radius 3 is 2.90 bits per heavy atom. The van der Waals surface area contributed by atoms with Crippen molar-refractivity contribution in [2.45, 2.75) is 39.8 Å². The standard InChI is InChI=1S/C21H25N3O3S2/c1-5-27-20(25)17-13-9-10-24(12(2)3)11-16(13)28-19(17)23-21-22-18-14(26-4)7-6-8-15(18)29-21/h6-8,12H,5,9-11H2,1-4H3,(H,22,23). The molecule has 0 aliphatic carbocycles. The van der Waals surface area contributed by atoms with Crippen molar-refractivity contribution < 1.29 is 14.3 Å². The highest BCUT2D eigenvalue weighted by Gasteiger charge is 2.30. The number of methoxy groups -OCH3 is 1. The predicted octanol–water partition coefficient (Wildman–Crippen LogP) is 5.05. The van der Waals surface area contributed by atoms with E-state index in [4.69, 9.17) is 14.5 Å². The van der Waals surface area contributed by atoms with Gasteiger partial charge in [-0.15, -0.1) is 11.3 Å². The molecule has 0 atom stereocenters. The van der Waals surface area contributed by atoms with Crippen molar-refractivity contribution in [3.05, 3.63) is 34.2 Å². The number of esters is 1. The number of aromatic nitrogens is 1. The lowest BCUT2D eigenvalue weighted by atomic mass is 10.0. The van der Waals surface area contributed by atoms with E-state index in [2.05, 4.69) is 24.1 Å². The Hall–Kier alpha value is -2.16. The second-order valence-electron chi connectivity index (χ2n) is 7.19. The van der Waals surface area contributed by atoms with Gasteiger partial charge in [-0.3, -0.25) is 4.90 Å². The van der Waals surface area contributed by atoms with Gasteiger partial charge in [0.1, 0.15) is 16.3 Å². The van der Waals surface area contributed by atoms with Crippen LogP contribution in [-0.2, 0) is 17.7 Å². The fraction of sp³-hybridized carbons (Fsp3) is 0.429. The zero-order chi connectivity index (χ0) is 20.5. The Balaban J connectivity index is 1.72. The van der Waals surface area contributed by atoms with Gasteiger partial charge in [0, 0.05) is 24.0 Å². The first-order valence-corrected chi connectivity index (χ1v) is 11.4. The number of fused-ring (bicyclic) bond motifs is 2. The summed E-state index contributed by atoms with van der Waals surface area (Å²) >= 11 is 3.18. The van der Waals surface area contributed by atoms with E-state index in [0.717, 1.165) is 51.2 Å². The molecule has 29 heavy (non-hydrogen) atoms. The third-order valence-electron chi connectivity index (χ3n) is 5.12. The molecule has 8 heteroatoms. The van der Waals surface area contributed by atoms with Crippen LogP contribution in [0.25, 0.3) is 10.2 Å². The SMILES string of the molecule is CCOC(=O)c1c(Nc2nc3c(OC)cccc3s2)sc2c1CCN(C(C)C)C2. The van der Waals surface area contributed by atoms with E-state index in [1.165, 1.54) is 4.88 Å². The minimum absolute atomic E-state index is 0.260. The highest BCUT2D eigenvalue weighted by atomic mass is 32.1. The molecule has 2 aromatic heterocycles. The molecule has 154 valence electrons. The van der Waals surface area contributed by atoms with Gasteiger partial charge in [-0.1, -0.05) is 17.4 Å². The molecule has 3 aromatic rings. The molecular formula is C21H25N3O3S2. The van der Waals surface area contributed by atoms with Crippen LogP contribution in [-0.4, -0.2) is 42.2 Å². The molecule has 0 amide bonds. The molecule has 1 N–H and O–H groups in total. The normalized spacial score (nSPS) is 14.2. The van der Waals surface area contributed by atoms with Crippen molar-refractivity contribution >= 4 is 49.0 Å². The summed E-state index contributed by atoms with van der Waals surface area (Å²) in [4.78, 5) is 21.1. The maximum atomic E-state index is 12.8. The first kappa shape index (κ1) is 20.1. The van der Waals surface area contributed by atoms with Crippen LogP contribution >= 0.6 is 22.7 Å². The highest BCUT2D eigenvalue weighted by molar-refractivity contribution is 7.23. The topological polar surface area (TPSA) is 63.7 Å². The molecule has 0 unspecified atom stereocenters. The lowest BCUT2D eigenvalue weighted by Crippen LogP contribution is -2.35. The van der Waals surface area contributed by atoms with E-state index in [0.29, 0.717) is 18.2 Å². The minimum atomic E-state index is -0.260. The molecule has 1 aliphatic heterocycles. The van der Waals surface area contributed by atoms with E-state index < -0.39 is 0 Å². The molecule has 3 heterocycles. The molecule has 0 spiro atoms. The van der Waals surface area contributed by atoms with Crippen LogP contribution < -0.4 is 10.1 Å². The number of thiophene rings is 1. The summed E-state index contributed by atoms with van der Waals surface area (Å²) < 4.78 is 11.8. The third kappa shape index (κ3) is 3.84. The van der Waals surface area contributed by atoms with Gasteiger partial charge in [0.05, 0.1) is 24.0 Å². The Kier molecular flexibility index (Phi) is 5.76. The highest BCUT2D eigenvalue weighted by Crippen LogP contribution is 2.41. The smallest absolute Gasteiger partial charge is 0.341 e. The number of para-hydroxylation sites is 1. The Labute approximate surface area is 178 Å². The number of carbonyl (C=O) groups excluding carboxylic acids is 1. The van der Waals surface area contributed by atoms with Crippen molar-refractivity contribution in [2.24, 2.45) is 0 Å². The number of hydrogen-bond acceptors (Lipinski definition) is 8. The second kappa shape index (κ2) is 8.30. The van der Waals surface area contributed by atoms with Gasteiger partial charge in [-0.25, -0.2) is 9.78 Å². The molecule has 0 saturated carbocycles. The fourth-order valence-electron chi connectivity index (χ4n) is 3.61. The lowest BCUT2D eigenvalue weighted by Gasteiger charge is -2.30. The van der Waals surface area contributed by atoms with Gasteiger partial charge in [0.15, 0.2) is 5.13 Å². The Morgan fingerprint density at radius 2 is 2.17 bits per heavy atom. The minimum Gasteiger partial charge on any atom is -0.494 e. The molecule has 0 fully saturated rings. The van der Waals surface area contributed by atoms with E-state index in [1.807, 2.05) is 25.1 Å². The van der Waals surface area contributed by atoms with E-state index in [-0.39, 0.29) is 5.97 Å².